The lowest BCUT2D eigenvalue weighted by molar-refractivity contribution is -0.497. The summed E-state index contributed by atoms with van der Waals surface area (Å²) in [6, 6.07) is 21.7. The van der Waals surface area contributed by atoms with Crippen LogP contribution in [0.4, 0.5) is 22.8 Å². The van der Waals surface area contributed by atoms with Crippen LogP contribution >= 0.6 is 34.8 Å². The summed E-state index contributed by atoms with van der Waals surface area (Å²) in [7, 11) is 0. The first-order chi connectivity index (χ1) is 32.2. The second-order valence-electron chi connectivity index (χ2n) is 18.2. The number of amides is 3. The molecule has 2 aliphatic heterocycles. The molecule has 0 radical (unpaired) electrons. The molecule has 0 aromatic heterocycles. The number of carbonyl (C=O) groups excluding carboxylic acids is 3. The number of benzene rings is 4. The minimum absolute atomic E-state index is 0.0175. The quantitative estimate of drug-likeness (QED) is 0.0482. The zero-order chi connectivity index (χ0) is 49.1. The third-order valence-corrected chi connectivity index (χ3v) is 14.6. The predicted molar refractivity (Wildman–Crippen MR) is 246 cm³/mol. The van der Waals surface area contributed by atoms with Gasteiger partial charge in [0, 0.05) is 31.6 Å². The monoisotopic (exact) mass is 1000 g/mol. The summed E-state index contributed by atoms with van der Waals surface area (Å²) in [5.41, 5.74) is 1.30. The summed E-state index contributed by atoms with van der Waals surface area (Å²) in [5.74, 6) is -4.95. The third-order valence-electron chi connectivity index (χ3n) is 13.3. The number of halogens is 6. The van der Waals surface area contributed by atoms with E-state index in [9.17, 15) is 22.8 Å². The number of ether oxygens (including phenoxy) is 3. The summed E-state index contributed by atoms with van der Waals surface area (Å²) < 4.78 is 57.3. The van der Waals surface area contributed by atoms with E-state index in [0.717, 1.165) is 41.2 Å². The number of piperidine rings is 1. The number of nitrogens with zero attached hydrogens (tertiary/aromatic N) is 4. The van der Waals surface area contributed by atoms with E-state index < -0.39 is 73.6 Å². The summed E-state index contributed by atoms with van der Waals surface area (Å²) in [4.78, 5) is 54.4. The van der Waals surface area contributed by atoms with Crippen molar-refractivity contribution in [3.8, 4) is 11.5 Å². The molecule has 4 aromatic rings. The molecule has 19 heteroatoms. The third kappa shape index (κ3) is 11.4. The molecular formula is C49H54Cl3F3N4O9. The number of likely N-dealkylation sites (tertiary alicyclic amines) is 1. The van der Waals surface area contributed by atoms with Crippen molar-refractivity contribution in [1.82, 2.24) is 20.1 Å². The lowest BCUT2D eigenvalue weighted by Crippen LogP contribution is -2.73. The van der Waals surface area contributed by atoms with E-state index in [1.54, 1.807) is 18.2 Å². The molecule has 2 N–H and O–H groups in total. The molecule has 2 heterocycles. The van der Waals surface area contributed by atoms with Crippen molar-refractivity contribution >= 4 is 52.9 Å². The normalized spacial score (nSPS) is 20.6. The zero-order valence-electron chi connectivity index (χ0n) is 38.0. The molecule has 366 valence electrons. The smallest absolute Gasteiger partial charge is 0.415 e. The molecule has 1 aliphatic carbocycles. The van der Waals surface area contributed by atoms with Gasteiger partial charge in [0.05, 0.1) is 36.1 Å². The highest BCUT2D eigenvalue weighted by Crippen LogP contribution is 2.53. The van der Waals surface area contributed by atoms with Gasteiger partial charge in [0.15, 0.2) is 23.0 Å². The Balaban J connectivity index is 1.22. The number of fused-ring (bicyclic) bond motifs is 2. The van der Waals surface area contributed by atoms with Gasteiger partial charge in [0.2, 0.25) is 15.5 Å². The molecular weight excluding hydrogens is 952 g/mol. The number of alkyl halides is 3. The van der Waals surface area contributed by atoms with E-state index in [4.69, 9.17) is 64.3 Å². The molecule has 0 spiro atoms. The number of rotatable bonds is 16. The van der Waals surface area contributed by atoms with E-state index in [1.807, 2.05) is 67.3 Å². The van der Waals surface area contributed by atoms with Crippen molar-refractivity contribution in [1.29, 1.82) is 0 Å². The van der Waals surface area contributed by atoms with E-state index >= 15 is 4.79 Å². The van der Waals surface area contributed by atoms with Gasteiger partial charge in [-0.3, -0.25) is 20.1 Å². The van der Waals surface area contributed by atoms with Crippen LogP contribution in [0.2, 0.25) is 0 Å². The van der Waals surface area contributed by atoms with Gasteiger partial charge in [-0.25, -0.2) is 23.2 Å². The molecule has 1 saturated carbocycles. The average molecular weight is 1010 g/mol. The first kappa shape index (κ1) is 51.1. The van der Waals surface area contributed by atoms with Crippen molar-refractivity contribution < 1.29 is 57.0 Å². The number of carbonyl (C=O) groups is 3. The molecule has 2 saturated heterocycles. The molecule has 4 unspecified atom stereocenters. The molecule has 2 bridgehead atoms. The van der Waals surface area contributed by atoms with E-state index in [2.05, 4.69) is 0 Å². The maximum absolute atomic E-state index is 15.9. The van der Waals surface area contributed by atoms with Crippen molar-refractivity contribution in [3.63, 3.8) is 0 Å². The van der Waals surface area contributed by atoms with Crippen LogP contribution in [-0.2, 0) is 33.8 Å². The van der Waals surface area contributed by atoms with Crippen molar-refractivity contribution in [2.75, 3.05) is 26.2 Å². The summed E-state index contributed by atoms with van der Waals surface area (Å²) in [6.45, 7) is 6.71. The van der Waals surface area contributed by atoms with Crippen LogP contribution in [0, 0.1) is 29.8 Å². The SMILES string of the molecule is Cc1ccccc1CCN(C(=O)C1(C)C(c2ccc(CCCOc3c(F)ccc(F)c3F)cc2)CC2CN(C(=O)Oc3cccc(CON(O)O)c3)CC1N2C(=O)OC(C)(C)C(Cl)(Cl)Cl)C1CC1. The molecule has 68 heavy (non-hydrogen) atoms. The fourth-order valence-corrected chi connectivity index (χ4v) is 9.31. The van der Waals surface area contributed by atoms with Crippen molar-refractivity contribution in [3.05, 3.63) is 130 Å². The average Bonchev–Trinajstić information content (AvgIpc) is 4.14. The summed E-state index contributed by atoms with van der Waals surface area (Å²) >= 11 is 19.0. The molecule has 7 rings (SSSR count). The fraction of sp³-hybridized carbons (Fsp3) is 0.449. The van der Waals surface area contributed by atoms with Gasteiger partial charge in [-0.15, -0.1) is 0 Å². The van der Waals surface area contributed by atoms with E-state index in [1.165, 1.54) is 29.7 Å². The molecule has 4 atom stereocenters. The topological polar surface area (TPSA) is 142 Å². The van der Waals surface area contributed by atoms with Gasteiger partial charge in [0.25, 0.3) is 0 Å². The van der Waals surface area contributed by atoms with Crippen LogP contribution in [-0.4, -0.2) is 102 Å². The van der Waals surface area contributed by atoms with Gasteiger partial charge in [-0.2, -0.15) is 4.39 Å². The Morgan fingerprint density at radius 3 is 2.25 bits per heavy atom. The lowest BCUT2D eigenvalue weighted by atomic mass is 9.60. The number of piperazine rings is 1. The first-order valence-corrected chi connectivity index (χ1v) is 23.5. The Hall–Kier alpha value is -4.81. The van der Waals surface area contributed by atoms with Gasteiger partial charge in [-0.05, 0) is 118 Å². The van der Waals surface area contributed by atoms with Gasteiger partial charge >= 0.3 is 12.2 Å². The summed E-state index contributed by atoms with van der Waals surface area (Å²) in [6.07, 6.45) is 1.60. The highest BCUT2D eigenvalue weighted by atomic mass is 35.6. The van der Waals surface area contributed by atoms with Crippen LogP contribution in [0.25, 0.3) is 0 Å². The molecule has 3 aliphatic rings. The largest absolute Gasteiger partial charge is 0.488 e. The molecule has 4 aromatic carbocycles. The zero-order valence-corrected chi connectivity index (χ0v) is 40.2. The van der Waals surface area contributed by atoms with Crippen molar-refractivity contribution in [2.45, 2.75) is 106 Å². The highest BCUT2D eigenvalue weighted by Gasteiger charge is 2.62. The van der Waals surface area contributed by atoms with Gasteiger partial charge in [0.1, 0.15) is 5.75 Å². The Morgan fingerprint density at radius 2 is 1.57 bits per heavy atom. The summed E-state index contributed by atoms with van der Waals surface area (Å²) in [5, 5.41) is 17.7. The van der Waals surface area contributed by atoms with Crippen LogP contribution in [0.3, 0.4) is 0 Å². The lowest BCUT2D eigenvalue weighted by Gasteiger charge is -2.59. The van der Waals surface area contributed by atoms with Crippen LogP contribution in [0.5, 0.6) is 11.5 Å². The van der Waals surface area contributed by atoms with Crippen LogP contribution in [0.15, 0.2) is 84.9 Å². The predicted octanol–water partition coefficient (Wildman–Crippen LogP) is 10.5. The van der Waals surface area contributed by atoms with E-state index in [0.29, 0.717) is 37.4 Å². The molecule has 13 nitrogen and oxygen atoms in total. The number of hydrogen-bond donors (Lipinski definition) is 2. The maximum atomic E-state index is 15.9. The molecule has 3 fully saturated rings. The standard InChI is InChI=1S/C49H54Cl3F3N4O9/c1-30-9-5-6-12-33(30)22-23-57(35-18-19-35)44(60)48(4)38(34-16-14-31(15-17-34)11-8-24-65-43-40(54)21-20-39(53)42(43)55)26-36-27-56(28-41(48)58(36)46(62)68-47(2,3)49(50,51)52)45(61)67-37-13-7-10-32(25-37)29-66-59(63)64/h5-7,9-10,12-17,20-21,25,35-36,38,41,63-64H,8,11,18-19,22-24,26-29H2,1-4H3. The highest BCUT2D eigenvalue weighted by molar-refractivity contribution is 6.68. The van der Waals surface area contributed by atoms with Crippen LogP contribution < -0.4 is 9.47 Å². The Kier molecular flexibility index (Phi) is 15.8. The molecule has 3 amide bonds. The second kappa shape index (κ2) is 21.0. The number of aryl methyl sites for hydroxylation is 2. The van der Waals surface area contributed by atoms with Crippen LogP contribution in [0.1, 0.15) is 80.2 Å². The Labute approximate surface area is 408 Å². The Morgan fingerprint density at radius 1 is 0.868 bits per heavy atom. The van der Waals surface area contributed by atoms with E-state index in [-0.39, 0.29) is 50.4 Å². The maximum Gasteiger partial charge on any atom is 0.415 e. The first-order valence-electron chi connectivity index (χ1n) is 22.3. The minimum atomic E-state index is -2.03. The fourth-order valence-electron chi connectivity index (χ4n) is 9.19. The second-order valence-corrected chi connectivity index (χ2v) is 20.5. The number of hydrogen-bond acceptors (Lipinski definition) is 10. The van der Waals surface area contributed by atoms with Gasteiger partial charge in [-0.1, -0.05) is 95.5 Å². The van der Waals surface area contributed by atoms with Crippen molar-refractivity contribution in [2.24, 2.45) is 5.41 Å². The Bertz CT molecular complexity index is 2460. The van der Waals surface area contributed by atoms with Gasteiger partial charge < -0.3 is 24.0 Å². The minimum Gasteiger partial charge on any atom is -0.488 e.